The quantitative estimate of drug-likeness (QED) is 0.547. The van der Waals surface area contributed by atoms with Crippen molar-refractivity contribution in [3.63, 3.8) is 0 Å². The molecule has 1 fully saturated rings. The number of nitrogens with one attached hydrogen (secondary N) is 1. The summed E-state index contributed by atoms with van der Waals surface area (Å²) in [6, 6.07) is -1.28. The van der Waals surface area contributed by atoms with E-state index in [0.717, 1.165) is 19.3 Å². The Morgan fingerprint density at radius 1 is 1.33 bits per heavy atom. The summed E-state index contributed by atoms with van der Waals surface area (Å²) in [6.07, 6.45) is 3.16. The highest BCUT2D eigenvalue weighted by atomic mass is 16.4. The van der Waals surface area contributed by atoms with E-state index in [9.17, 15) is 14.7 Å². The fourth-order valence-corrected chi connectivity index (χ4v) is 2.44. The standard InChI is InChI=1S/C12H22N2O4/c1-8(15)9(10(16)17)14-11(18)12(7-13)5-3-2-4-6-12/h8-9,15H,2-7,13H2,1H3,(H,14,18)(H,16,17)/t8-,9+/m1/s1. The van der Waals surface area contributed by atoms with Crippen LogP contribution in [0.4, 0.5) is 0 Å². The Hall–Kier alpha value is -1.14. The average molecular weight is 258 g/mol. The Kier molecular flexibility index (Phi) is 5.10. The summed E-state index contributed by atoms with van der Waals surface area (Å²) >= 11 is 0. The smallest absolute Gasteiger partial charge is 0.328 e. The van der Waals surface area contributed by atoms with Crippen LogP contribution in [-0.2, 0) is 9.59 Å². The first kappa shape index (κ1) is 14.9. The zero-order valence-corrected chi connectivity index (χ0v) is 10.7. The van der Waals surface area contributed by atoms with Gasteiger partial charge < -0.3 is 21.3 Å². The molecule has 0 aromatic rings. The van der Waals surface area contributed by atoms with Gasteiger partial charge in [0.2, 0.25) is 5.91 Å². The number of carbonyl (C=O) groups excluding carboxylic acids is 1. The second-order valence-corrected chi connectivity index (χ2v) is 5.08. The van der Waals surface area contributed by atoms with Crippen LogP contribution in [0, 0.1) is 5.41 Å². The van der Waals surface area contributed by atoms with Crippen LogP contribution in [0.5, 0.6) is 0 Å². The van der Waals surface area contributed by atoms with Gasteiger partial charge in [-0.2, -0.15) is 0 Å². The van der Waals surface area contributed by atoms with Crippen LogP contribution >= 0.6 is 0 Å². The third-order valence-corrected chi connectivity index (χ3v) is 3.72. The van der Waals surface area contributed by atoms with Gasteiger partial charge in [-0.3, -0.25) is 4.79 Å². The maximum Gasteiger partial charge on any atom is 0.328 e. The molecule has 104 valence electrons. The second kappa shape index (κ2) is 6.15. The van der Waals surface area contributed by atoms with Gasteiger partial charge in [-0.15, -0.1) is 0 Å². The molecule has 2 atom stereocenters. The van der Waals surface area contributed by atoms with Crippen molar-refractivity contribution in [1.29, 1.82) is 0 Å². The summed E-state index contributed by atoms with van der Waals surface area (Å²) in [5.41, 5.74) is 5.03. The maximum absolute atomic E-state index is 12.2. The summed E-state index contributed by atoms with van der Waals surface area (Å²) in [5.74, 6) is -1.58. The topological polar surface area (TPSA) is 113 Å². The van der Waals surface area contributed by atoms with Crippen LogP contribution < -0.4 is 11.1 Å². The number of amides is 1. The highest BCUT2D eigenvalue weighted by Crippen LogP contribution is 2.35. The summed E-state index contributed by atoms with van der Waals surface area (Å²) in [7, 11) is 0. The molecule has 1 amide bonds. The normalized spacial score (nSPS) is 21.9. The van der Waals surface area contributed by atoms with E-state index >= 15 is 0 Å². The highest BCUT2D eigenvalue weighted by molar-refractivity contribution is 5.88. The van der Waals surface area contributed by atoms with Gasteiger partial charge in [0, 0.05) is 6.54 Å². The van der Waals surface area contributed by atoms with Gasteiger partial charge in [-0.1, -0.05) is 19.3 Å². The molecule has 0 bridgehead atoms. The lowest BCUT2D eigenvalue weighted by molar-refractivity contribution is -0.147. The van der Waals surface area contributed by atoms with Gasteiger partial charge in [-0.05, 0) is 19.8 Å². The van der Waals surface area contributed by atoms with Gasteiger partial charge in [0.15, 0.2) is 6.04 Å². The molecule has 1 rings (SSSR count). The summed E-state index contributed by atoms with van der Waals surface area (Å²) in [6.45, 7) is 1.56. The minimum Gasteiger partial charge on any atom is -0.480 e. The van der Waals surface area contributed by atoms with Crippen LogP contribution in [0.3, 0.4) is 0 Å². The van der Waals surface area contributed by atoms with Gasteiger partial charge in [-0.25, -0.2) is 4.79 Å². The molecule has 1 aliphatic rings. The molecule has 0 aliphatic heterocycles. The van der Waals surface area contributed by atoms with Crippen molar-refractivity contribution in [1.82, 2.24) is 5.32 Å². The van der Waals surface area contributed by atoms with Crippen LogP contribution in [0.2, 0.25) is 0 Å². The van der Waals surface area contributed by atoms with E-state index < -0.39 is 23.5 Å². The van der Waals surface area contributed by atoms with E-state index in [-0.39, 0.29) is 12.5 Å². The predicted molar refractivity (Wildman–Crippen MR) is 65.8 cm³/mol. The Morgan fingerprint density at radius 3 is 2.28 bits per heavy atom. The van der Waals surface area contributed by atoms with Gasteiger partial charge in [0.1, 0.15) is 0 Å². The zero-order valence-electron chi connectivity index (χ0n) is 10.7. The molecular weight excluding hydrogens is 236 g/mol. The molecule has 0 radical (unpaired) electrons. The molecule has 0 spiro atoms. The molecule has 0 aromatic heterocycles. The average Bonchev–Trinajstić information content (AvgIpc) is 2.35. The Morgan fingerprint density at radius 2 is 1.89 bits per heavy atom. The van der Waals surface area contributed by atoms with Crippen LogP contribution in [-0.4, -0.2) is 40.8 Å². The van der Waals surface area contributed by atoms with Crippen molar-refractivity contribution in [2.45, 2.75) is 51.2 Å². The maximum atomic E-state index is 12.2. The second-order valence-electron chi connectivity index (χ2n) is 5.08. The van der Waals surface area contributed by atoms with Crippen molar-refractivity contribution in [3.8, 4) is 0 Å². The molecule has 6 heteroatoms. The lowest BCUT2D eigenvalue weighted by Crippen LogP contribution is -2.55. The Bertz CT molecular complexity index is 311. The van der Waals surface area contributed by atoms with Crippen LogP contribution in [0.15, 0.2) is 0 Å². The predicted octanol–water partition coefficient (Wildman–Crippen LogP) is -0.154. The molecule has 0 aromatic carbocycles. The van der Waals surface area contributed by atoms with Crippen molar-refractivity contribution >= 4 is 11.9 Å². The third-order valence-electron chi connectivity index (χ3n) is 3.72. The van der Waals surface area contributed by atoms with Gasteiger partial charge >= 0.3 is 5.97 Å². The molecule has 6 nitrogen and oxygen atoms in total. The van der Waals surface area contributed by atoms with Gasteiger partial charge in [0.25, 0.3) is 0 Å². The van der Waals surface area contributed by atoms with E-state index in [2.05, 4.69) is 5.32 Å². The molecule has 0 unspecified atom stereocenters. The number of carbonyl (C=O) groups is 2. The molecule has 0 heterocycles. The Balaban J connectivity index is 2.75. The van der Waals surface area contributed by atoms with Crippen molar-refractivity contribution in [3.05, 3.63) is 0 Å². The van der Waals surface area contributed by atoms with E-state index in [0.29, 0.717) is 12.8 Å². The number of hydrogen-bond acceptors (Lipinski definition) is 4. The third kappa shape index (κ3) is 3.20. The lowest BCUT2D eigenvalue weighted by atomic mass is 9.73. The lowest BCUT2D eigenvalue weighted by Gasteiger charge is -2.35. The minimum absolute atomic E-state index is 0.213. The number of hydrogen-bond donors (Lipinski definition) is 4. The molecule has 0 saturated heterocycles. The SMILES string of the molecule is C[C@@H](O)[C@H](NC(=O)C1(CN)CCCCC1)C(=O)O. The van der Waals surface area contributed by atoms with Crippen molar-refractivity contribution in [2.24, 2.45) is 11.1 Å². The molecule has 1 aliphatic carbocycles. The zero-order chi connectivity index (χ0) is 13.8. The summed E-state index contributed by atoms with van der Waals surface area (Å²) < 4.78 is 0. The van der Waals surface area contributed by atoms with E-state index in [1.807, 2.05) is 0 Å². The first-order valence-electron chi connectivity index (χ1n) is 6.35. The Labute approximate surface area is 107 Å². The monoisotopic (exact) mass is 258 g/mol. The first-order valence-corrected chi connectivity index (χ1v) is 6.35. The molecule has 5 N–H and O–H groups in total. The van der Waals surface area contributed by atoms with Crippen molar-refractivity contribution in [2.75, 3.05) is 6.54 Å². The van der Waals surface area contributed by atoms with E-state index in [1.165, 1.54) is 6.92 Å². The number of nitrogens with two attached hydrogens (primary N) is 1. The minimum atomic E-state index is -1.28. The van der Waals surface area contributed by atoms with Gasteiger partial charge in [0.05, 0.1) is 11.5 Å². The van der Waals surface area contributed by atoms with Crippen LogP contribution in [0.25, 0.3) is 0 Å². The fraction of sp³-hybridized carbons (Fsp3) is 0.833. The number of carboxylic acids is 1. The summed E-state index contributed by atoms with van der Waals surface area (Å²) in [4.78, 5) is 23.2. The van der Waals surface area contributed by atoms with Crippen LogP contribution in [0.1, 0.15) is 39.0 Å². The molecule has 18 heavy (non-hydrogen) atoms. The molecular formula is C12H22N2O4. The number of rotatable bonds is 5. The highest BCUT2D eigenvalue weighted by Gasteiger charge is 2.40. The molecule has 1 saturated carbocycles. The fourth-order valence-electron chi connectivity index (χ4n) is 2.44. The number of aliphatic hydroxyl groups is 1. The van der Waals surface area contributed by atoms with E-state index in [1.54, 1.807) is 0 Å². The summed E-state index contributed by atoms with van der Waals surface area (Å²) in [5, 5.41) is 20.7. The van der Waals surface area contributed by atoms with Crippen molar-refractivity contribution < 1.29 is 19.8 Å². The van der Waals surface area contributed by atoms with E-state index in [4.69, 9.17) is 10.8 Å². The number of carboxylic acid groups (broad SMARTS) is 1. The number of aliphatic carboxylic acids is 1. The number of aliphatic hydroxyl groups excluding tert-OH is 1. The largest absolute Gasteiger partial charge is 0.480 e. The first-order chi connectivity index (χ1) is 8.43.